The number of unbranched alkanes of at least 4 members (excludes halogenated alkanes) is 8. The van der Waals surface area contributed by atoms with Crippen LogP contribution in [0.4, 0.5) is 0 Å². The predicted octanol–water partition coefficient (Wildman–Crippen LogP) is 29.3. The van der Waals surface area contributed by atoms with Gasteiger partial charge in [-0.2, -0.15) is 0 Å². The Bertz CT molecular complexity index is 4350. The fraction of sp³-hybridized carbons (Fsp3) is 0.620. The van der Waals surface area contributed by atoms with Crippen molar-refractivity contribution in [2.75, 3.05) is 13.1 Å². The topological polar surface area (TPSA) is 269 Å². The van der Waals surface area contributed by atoms with Crippen molar-refractivity contribution in [2.24, 2.45) is 25.0 Å². The second kappa shape index (κ2) is 69.4. The minimum atomic E-state index is 0.744. The van der Waals surface area contributed by atoms with Gasteiger partial charge in [0, 0.05) is 148 Å². The van der Waals surface area contributed by atoms with Crippen LogP contribution in [0.2, 0.25) is 0 Å². The van der Waals surface area contributed by atoms with Gasteiger partial charge in [0.25, 0.3) is 0 Å². The molecule has 129 heavy (non-hydrogen) atoms. The molecule has 712 valence electrons. The molecular formula is C108H173N19O2. The molecule has 0 spiro atoms. The molecule has 21 heteroatoms. The van der Waals surface area contributed by atoms with Crippen molar-refractivity contribution in [3.05, 3.63) is 197 Å². The molecule has 0 fully saturated rings. The third-order valence-electron chi connectivity index (χ3n) is 22.0. The Morgan fingerprint density at radius 2 is 0.659 bits per heavy atom. The predicted molar refractivity (Wildman–Crippen MR) is 548 cm³/mol. The quantitative estimate of drug-likeness (QED) is 0.0405. The summed E-state index contributed by atoms with van der Waals surface area (Å²) in [7, 11) is 0. The number of nitrogens with zero attached hydrogens (tertiary/aromatic N) is 19. The van der Waals surface area contributed by atoms with Crippen LogP contribution in [0.1, 0.15) is 436 Å². The fourth-order valence-electron chi connectivity index (χ4n) is 14.6. The highest BCUT2D eigenvalue weighted by Gasteiger charge is 2.20. The van der Waals surface area contributed by atoms with Crippen molar-refractivity contribution >= 4 is 39.7 Å². The van der Waals surface area contributed by atoms with E-state index in [2.05, 4.69) is 239 Å². The molecule has 0 atom stereocenters. The van der Waals surface area contributed by atoms with E-state index in [0.29, 0.717) is 0 Å². The molecule has 0 bridgehead atoms. The van der Waals surface area contributed by atoms with Gasteiger partial charge in [0.05, 0.1) is 36.7 Å². The van der Waals surface area contributed by atoms with E-state index in [0.717, 1.165) is 184 Å². The van der Waals surface area contributed by atoms with Gasteiger partial charge in [-0.05, 0) is 270 Å². The first-order chi connectivity index (χ1) is 62.2. The van der Waals surface area contributed by atoms with Gasteiger partial charge >= 0.3 is 0 Å². The van der Waals surface area contributed by atoms with Gasteiger partial charge in [0.15, 0.2) is 11.5 Å². The zero-order chi connectivity index (χ0) is 95.9. The van der Waals surface area contributed by atoms with Crippen molar-refractivity contribution < 1.29 is 9.05 Å². The lowest BCUT2D eigenvalue weighted by molar-refractivity contribution is 0.373. The molecule has 0 saturated heterocycles. The smallest absolute Gasteiger partial charge is 0.157 e. The van der Waals surface area contributed by atoms with Crippen LogP contribution in [0.25, 0.3) is 11.1 Å². The highest BCUT2D eigenvalue weighted by atomic mass is 16.5. The van der Waals surface area contributed by atoms with Gasteiger partial charge in [-0.3, -0.25) is 25.0 Å². The van der Waals surface area contributed by atoms with E-state index in [1.165, 1.54) is 235 Å². The molecule has 7 aromatic rings. The zero-order valence-electron chi connectivity index (χ0n) is 86.7. The first-order valence-corrected chi connectivity index (χ1v) is 49.6. The maximum absolute atomic E-state index is 4.80. The van der Waals surface area contributed by atoms with E-state index >= 15 is 0 Å². The number of aliphatic imine (C=N–C) groups is 5. The second-order valence-electron chi connectivity index (χ2n) is 33.6. The Hall–Kier alpha value is -9.53. The van der Waals surface area contributed by atoms with Crippen LogP contribution in [-0.2, 0) is 45.1 Å². The number of aryl methyl sites for hydroxylation is 11. The largest absolute Gasteiger partial charge is 0.342 e. The minimum absolute atomic E-state index is 0.744. The summed E-state index contributed by atoms with van der Waals surface area (Å²) in [5, 5.41) is 14.6. The lowest BCUT2D eigenvalue weighted by atomic mass is 10.0. The van der Waals surface area contributed by atoms with Gasteiger partial charge in [-0.1, -0.05) is 187 Å². The minimum Gasteiger partial charge on any atom is -0.342 e. The normalized spacial score (nSPS) is 13.6. The lowest BCUT2D eigenvalue weighted by Crippen LogP contribution is -2.01. The summed E-state index contributed by atoms with van der Waals surface area (Å²) < 4.78 is 9.60. The molecule has 21 nitrogen and oxygen atoms in total. The molecule has 7 aromatic heterocycles. The van der Waals surface area contributed by atoms with Gasteiger partial charge in [0.2, 0.25) is 0 Å². The van der Waals surface area contributed by atoms with E-state index in [9.17, 15) is 0 Å². The van der Waals surface area contributed by atoms with Crippen LogP contribution in [-0.4, -0.2) is 112 Å². The zero-order valence-corrected chi connectivity index (χ0v) is 86.7. The number of rotatable bonds is 30. The lowest BCUT2D eigenvalue weighted by Gasteiger charge is -2.03. The third kappa shape index (κ3) is 45.7. The summed E-state index contributed by atoms with van der Waals surface area (Å²) in [6.07, 6.45) is 53.7. The van der Waals surface area contributed by atoms with Crippen molar-refractivity contribution in [1.82, 2.24) is 70.6 Å². The molecule has 0 N–H and O–H groups in total. The number of fused-ring (bicyclic) bond motifs is 3. The molecule has 7 aliphatic rings. The number of hydrogen-bond acceptors (Lipinski definition) is 21. The Balaban J connectivity index is 0.000000479. The van der Waals surface area contributed by atoms with E-state index in [4.69, 9.17) is 9.05 Å². The van der Waals surface area contributed by atoms with E-state index < -0.39 is 0 Å². The van der Waals surface area contributed by atoms with E-state index in [1.807, 2.05) is 119 Å². The highest BCUT2D eigenvalue weighted by molar-refractivity contribution is 6.03. The molecule has 0 radical (unpaired) electrons. The molecule has 2 aliphatic carbocycles. The maximum atomic E-state index is 4.80. The number of aromatic nitrogens is 14. The van der Waals surface area contributed by atoms with Gasteiger partial charge in [0.1, 0.15) is 40.5 Å². The molecule has 14 rings (SSSR count). The third-order valence-corrected chi connectivity index (χ3v) is 22.0. The fourth-order valence-corrected chi connectivity index (χ4v) is 14.6. The van der Waals surface area contributed by atoms with Crippen molar-refractivity contribution in [3.8, 4) is 0 Å². The van der Waals surface area contributed by atoms with Crippen molar-refractivity contribution in [1.29, 1.82) is 0 Å². The Labute approximate surface area is 782 Å². The highest BCUT2D eigenvalue weighted by Crippen LogP contribution is 2.31. The van der Waals surface area contributed by atoms with Crippen molar-refractivity contribution in [3.63, 3.8) is 0 Å². The summed E-state index contributed by atoms with van der Waals surface area (Å²) in [6.45, 7) is 65.6. The van der Waals surface area contributed by atoms with Crippen molar-refractivity contribution in [2.45, 2.75) is 433 Å². The summed E-state index contributed by atoms with van der Waals surface area (Å²) >= 11 is 0. The molecule has 5 aliphatic heterocycles. The maximum Gasteiger partial charge on any atom is 0.157 e. The molecule has 12 heterocycles. The summed E-state index contributed by atoms with van der Waals surface area (Å²) in [4.78, 5) is 65.0. The molecule has 0 aromatic carbocycles. The standard InChI is InChI=1S/2C11H14N2.C10H13N3.4C10H17N.2C9H14N2.2C7H12N2O.2C2H6/c2*1-3-4-9-5-6-11-10(9)7-12-8(2)13-11;1-3-4-9-8-5-11-7(2)13-10(8)6-12-9;2*1-4-5-6-10-8(2)7-11-9(10)3;2*1-4-5-6-10-8(2)7-9(3)11-10;2*1-3-4-5-9-10-7-6-8(2)11-9;2*1-3-4-5-7-6(2)10-9-8-7;2*1-2/h2*5,7H,3-4,6H2,1-2H3;5H,3-4,6H2,1-2H3;4*4-7H2,1-3H3;2*6-7H,3-5H2,1-2H3;2*3-5H2,1-2H3;2*1-2H3. The van der Waals surface area contributed by atoms with Crippen LogP contribution >= 0.6 is 0 Å². The van der Waals surface area contributed by atoms with Gasteiger partial charge in [-0.15, -0.1) is 10.2 Å². The van der Waals surface area contributed by atoms with Crippen LogP contribution in [0.3, 0.4) is 0 Å². The van der Waals surface area contributed by atoms with Crippen LogP contribution in [0, 0.1) is 48.5 Å². The second-order valence-corrected chi connectivity index (χ2v) is 33.6. The number of hydrogen-bond donors (Lipinski definition) is 0. The Morgan fingerprint density at radius 3 is 0.969 bits per heavy atom. The first-order valence-electron chi connectivity index (χ1n) is 49.6. The summed E-state index contributed by atoms with van der Waals surface area (Å²) in [5.74, 6) is 6.27. The van der Waals surface area contributed by atoms with Crippen LogP contribution in [0.5, 0.6) is 0 Å². The molecule has 0 unspecified atom stereocenters. The molecule has 0 saturated carbocycles. The SMILES string of the molecule is CC.CC.CCCC1=CCc2nc(C)ncc21.CCCC1=CCc2nc(C)ncc21.CCCC1=NCc2nc(C)ncc21.CCCCC1=C(C)CC(C)=N1.CCCCC1=C(C)CC(C)=N1.CCCCC1=C(C)CN=C1C.CCCCC1=C(C)CN=C1C.CCCCc1nccc(C)n1.CCCCc1nccc(C)n1.CCCCc1nnoc1C.CCCCc1nnoc1C. The first kappa shape index (κ1) is 116. The average molecular weight is 1770 g/mol. The average Bonchev–Trinajstić information content (AvgIpc) is 1.68. The van der Waals surface area contributed by atoms with Crippen LogP contribution in [0.15, 0.2) is 134 Å². The van der Waals surface area contributed by atoms with E-state index in [-0.39, 0.29) is 0 Å². The van der Waals surface area contributed by atoms with Gasteiger partial charge < -0.3 is 9.05 Å². The Morgan fingerprint density at radius 1 is 0.318 bits per heavy atom. The monoisotopic (exact) mass is 1770 g/mol. The molecule has 0 amide bonds. The summed E-state index contributed by atoms with van der Waals surface area (Å²) in [6, 6.07) is 3.85. The summed E-state index contributed by atoms with van der Waals surface area (Å²) in [5.41, 5.74) is 32.2. The van der Waals surface area contributed by atoms with Gasteiger partial charge in [-0.25, -0.2) is 49.8 Å². The number of allylic oxidation sites excluding steroid dienone is 10. The van der Waals surface area contributed by atoms with Crippen LogP contribution < -0.4 is 0 Å². The van der Waals surface area contributed by atoms with E-state index in [1.54, 1.807) is 0 Å². The Kier molecular flexibility index (Phi) is 62.2. The molecular weight excluding hydrogens is 1600 g/mol.